The largest absolute Gasteiger partial charge is 0.456 e. The van der Waals surface area contributed by atoms with Crippen molar-refractivity contribution in [1.82, 2.24) is 14.4 Å². The van der Waals surface area contributed by atoms with Crippen molar-refractivity contribution >= 4 is 49.5 Å². The standard InChI is InChI=1S/C58H33N3O/c1-5-19-42-35(15-1)36-16-2-6-20-43(36)57(42)45-21-7-9-23-47(45)58(48-24-10-8-22-46(48)57)44-32-29-34(33-41(44)38-30-31-39-37-17-4-14-28-52(37)62-54(39)53(38)58)55-59-49-25-11-3-18-40(49)56-60-50-26-12-13-27-51(50)61(55)56/h1-33H. The number of hydrogen-bond acceptors (Lipinski definition) is 3. The van der Waals surface area contributed by atoms with Gasteiger partial charge in [-0.3, -0.25) is 4.40 Å². The SMILES string of the molecule is c1ccc2c(c1)-c1ccccc1C21c2ccccc2C2(c3ccc(-c4nc5ccccc5c5nc6ccccc6n45)cc3-c3ccc4c(oc5ccccc54)c32)c2ccccc21. The maximum absolute atomic E-state index is 7.15. The summed E-state index contributed by atoms with van der Waals surface area (Å²) in [5.41, 5.74) is 20.6. The predicted octanol–water partition coefficient (Wildman–Crippen LogP) is 13.6. The summed E-state index contributed by atoms with van der Waals surface area (Å²) in [5.74, 6) is 0.866. The minimum absolute atomic E-state index is 0.528. The van der Waals surface area contributed by atoms with E-state index in [9.17, 15) is 0 Å². The third-order valence-electron chi connectivity index (χ3n) is 14.5. The van der Waals surface area contributed by atoms with E-state index in [4.69, 9.17) is 14.4 Å². The Hall–Kier alpha value is -8.08. The van der Waals surface area contributed by atoms with Gasteiger partial charge < -0.3 is 4.42 Å². The van der Waals surface area contributed by atoms with E-state index in [0.29, 0.717) is 0 Å². The average molecular weight is 788 g/mol. The van der Waals surface area contributed by atoms with Crippen molar-refractivity contribution in [1.29, 1.82) is 0 Å². The Kier molecular flexibility index (Phi) is 6.01. The summed E-state index contributed by atoms with van der Waals surface area (Å²) in [4.78, 5) is 10.6. The first-order chi connectivity index (χ1) is 30.8. The maximum atomic E-state index is 7.15. The summed E-state index contributed by atoms with van der Waals surface area (Å²) >= 11 is 0. The molecular formula is C58H33N3O. The molecule has 2 spiro atoms. The van der Waals surface area contributed by atoms with Crippen LogP contribution in [-0.4, -0.2) is 14.4 Å². The van der Waals surface area contributed by atoms with Crippen LogP contribution in [0.4, 0.5) is 0 Å². The van der Waals surface area contributed by atoms with E-state index in [1.54, 1.807) is 0 Å². The number of fused-ring (bicyclic) bond motifs is 25. The highest BCUT2D eigenvalue weighted by atomic mass is 16.3. The number of imidazole rings is 1. The van der Waals surface area contributed by atoms with E-state index in [2.05, 4.69) is 205 Å². The number of rotatable bonds is 1. The lowest BCUT2D eigenvalue weighted by molar-refractivity contribution is 0.614. The van der Waals surface area contributed by atoms with Gasteiger partial charge in [0, 0.05) is 27.3 Å². The zero-order valence-electron chi connectivity index (χ0n) is 33.3. The Labute approximate surface area is 356 Å². The third kappa shape index (κ3) is 3.69. The lowest BCUT2D eigenvalue weighted by Crippen LogP contribution is -2.43. The highest BCUT2D eigenvalue weighted by molar-refractivity contribution is 6.11. The molecule has 0 amide bonds. The number of nitrogens with zero attached hydrogens (tertiary/aromatic N) is 3. The molecule has 3 aliphatic carbocycles. The molecule has 0 fully saturated rings. The van der Waals surface area contributed by atoms with Gasteiger partial charge in [-0.05, 0) is 104 Å². The van der Waals surface area contributed by atoms with Crippen molar-refractivity contribution in [3.63, 3.8) is 0 Å². The topological polar surface area (TPSA) is 43.3 Å². The van der Waals surface area contributed by atoms with Crippen molar-refractivity contribution in [3.05, 3.63) is 245 Å². The Morgan fingerprint density at radius 3 is 1.68 bits per heavy atom. The van der Waals surface area contributed by atoms with E-state index in [-0.39, 0.29) is 0 Å². The molecule has 0 saturated heterocycles. The molecule has 15 rings (SSSR count). The van der Waals surface area contributed by atoms with Crippen molar-refractivity contribution in [3.8, 4) is 33.6 Å². The maximum Gasteiger partial charge on any atom is 0.149 e. The summed E-state index contributed by atoms with van der Waals surface area (Å²) in [6, 6.07) is 73.6. The fourth-order valence-electron chi connectivity index (χ4n) is 12.2. The molecule has 0 atom stereocenters. The predicted molar refractivity (Wildman–Crippen MR) is 249 cm³/mol. The molecule has 3 heterocycles. The summed E-state index contributed by atoms with van der Waals surface area (Å²) < 4.78 is 9.39. The van der Waals surface area contributed by atoms with E-state index >= 15 is 0 Å². The first-order valence-corrected chi connectivity index (χ1v) is 21.4. The van der Waals surface area contributed by atoms with Crippen LogP contribution in [-0.2, 0) is 10.8 Å². The first-order valence-electron chi connectivity index (χ1n) is 21.4. The van der Waals surface area contributed by atoms with Crippen LogP contribution in [0.15, 0.2) is 205 Å². The van der Waals surface area contributed by atoms with Gasteiger partial charge in [0.1, 0.15) is 22.6 Å². The Morgan fingerprint density at radius 1 is 0.387 bits per heavy atom. The van der Waals surface area contributed by atoms with Crippen LogP contribution in [0.3, 0.4) is 0 Å². The minimum Gasteiger partial charge on any atom is -0.456 e. The molecular weight excluding hydrogens is 755 g/mol. The van der Waals surface area contributed by atoms with Crippen molar-refractivity contribution in [2.45, 2.75) is 10.8 Å². The normalized spacial score (nSPS) is 14.7. The molecule has 3 aliphatic rings. The van der Waals surface area contributed by atoms with Gasteiger partial charge in [0.05, 0.1) is 27.4 Å². The number of aromatic nitrogens is 3. The van der Waals surface area contributed by atoms with Crippen molar-refractivity contribution in [2.24, 2.45) is 0 Å². The lowest BCUT2D eigenvalue weighted by atomic mass is 9.52. The first kappa shape index (κ1) is 32.7. The average Bonchev–Trinajstić information content (AvgIpc) is 4.07. The van der Waals surface area contributed by atoms with E-state index in [0.717, 1.165) is 60.9 Å². The van der Waals surface area contributed by atoms with Gasteiger partial charge in [-0.15, -0.1) is 0 Å². The van der Waals surface area contributed by atoms with Crippen LogP contribution in [0.5, 0.6) is 0 Å². The molecule has 9 aromatic carbocycles. The zero-order chi connectivity index (χ0) is 40.3. The molecule has 62 heavy (non-hydrogen) atoms. The summed E-state index contributed by atoms with van der Waals surface area (Å²) in [5, 5.41) is 3.28. The number of furan rings is 1. The van der Waals surface area contributed by atoms with Crippen LogP contribution >= 0.6 is 0 Å². The highest BCUT2D eigenvalue weighted by Gasteiger charge is 2.59. The molecule has 0 unspecified atom stereocenters. The van der Waals surface area contributed by atoms with Gasteiger partial charge in [0.2, 0.25) is 0 Å². The van der Waals surface area contributed by atoms with Gasteiger partial charge in [-0.1, -0.05) is 158 Å². The van der Waals surface area contributed by atoms with Crippen LogP contribution < -0.4 is 0 Å². The van der Waals surface area contributed by atoms with E-state index in [1.807, 2.05) is 0 Å². The Bertz CT molecular complexity index is 3870. The van der Waals surface area contributed by atoms with E-state index in [1.165, 1.54) is 66.8 Å². The Balaban J connectivity index is 1.11. The molecule has 3 aromatic heterocycles. The summed E-state index contributed by atoms with van der Waals surface area (Å²) in [6.45, 7) is 0. The van der Waals surface area contributed by atoms with Crippen LogP contribution in [0.2, 0.25) is 0 Å². The second-order valence-electron chi connectivity index (χ2n) is 17.1. The van der Waals surface area contributed by atoms with Gasteiger partial charge in [-0.25, -0.2) is 9.97 Å². The van der Waals surface area contributed by atoms with E-state index < -0.39 is 10.8 Å². The fraction of sp³-hybridized carbons (Fsp3) is 0.0345. The fourth-order valence-corrected chi connectivity index (χ4v) is 12.2. The number of para-hydroxylation sites is 4. The number of hydrogen-bond donors (Lipinski definition) is 0. The molecule has 4 heteroatoms. The molecule has 12 aromatic rings. The van der Waals surface area contributed by atoms with Gasteiger partial charge in [0.25, 0.3) is 0 Å². The quantitative estimate of drug-likeness (QED) is 0.166. The van der Waals surface area contributed by atoms with Crippen LogP contribution in [0, 0.1) is 0 Å². The van der Waals surface area contributed by atoms with Crippen LogP contribution in [0.25, 0.3) is 83.2 Å². The minimum atomic E-state index is -0.713. The van der Waals surface area contributed by atoms with Gasteiger partial charge >= 0.3 is 0 Å². The molecule has 0 bridgehead atoms. The smallest absolute Gasteiger partial charge is 0.149 e. The molecule has 0 radical (unpaired) electrons. The molecule has 0 saturated carbocycles. The van der Waals surface area contributed by atoms with Crippen molar-refractivity contribution in [2.75, 3.05) is 0 Å². The third-order valence-corrected chi connectivity index (χ3v) is 14.5. The van der Waals surface area contributed by atoms with Crippen molar-refractivity contribution < 1.29 is 4.42 Å². The zero-order valence-corrected chi connectivity index (χ0v) is 33.3. The number of benzene rings is 9. The molecule has 0 aliphatic heterocycles. The lowest BCUT2D eigenvalue weighted by Gasteiger charge is -2.48. The molecule has 286 valence electrons. The highest BCUT2D eigenvalue weighted by Crippen LogP contribution is 2.68. The second kappa shape index (κ2) is 11.4. The Morgan fingerprint density at radius 2 is 0.952 bits per heavy atom. The second-order valence-corrected chi connectivity index (χ2v) is 17.1. The van der Waals surface area contributed by atoms with Gasteiger partial charge in [-0.2, -0.15) is 0 Å². The van der Waals surface area contributed by atoms with Gasteiger partial charge in [0.15, 0.2) is 0 Å². The molecule has 0 N–H and O–H groups in total. The summed E-state index contributed by atoms with van der Waals surface area (Å²) in [7, 11) is 0. The van der Waals surface area contributed by atoms with Crippen LogP contribution in [0.1, 0.15) is 44.5 Å². The molecule has 4 nitrogen and oxygen atoms in total. The summed E-state index contributed by atoms with van der Waals surface area (Å²) in [6.07, 6.45) is 0. The monoisotopic (exact) mass is 787 g/mol.